The van der Waals surface area contributed by atoms with Gasteiger partial charge in [0.1, 0.15) is 5.82 Å². The predicted octanol–water partition coefficient (Wildman–Crippen LogP) is -0.429. The molecule has 0 radical (unpaired) electrons. The quantitative estimate of drug-likeness (QED) is 0.612. The molecule has 2 rings (SSSR count). The fraction of sp³-hybridized carbons (Fsp3) is 0.667. The van der Waals surface area contributed by atoms with Crippen LogP contribution in [0.5, 0.6) is 0 Å². The highest BCUT2D eigenvalue weighted by Crippen LogP contribution is 2.19. The van der Waals surface area contributed by atoms with Crippen LogP contribution in [0.3, 0.4) is 0 Å². The summed E-state index contributed by atoms with van der Waals surface area (Å²) in [6.07, 6.45) is 0. The number of nitrogens with one attached hydrogen (secondary N) is 2. The normalized spacial score (nSPS) is 16.8. The van der Waals surface area contributed by atoms with Gasteiger partial charge in [0.2, 0.25) is 0 Å². The molecule has 0 amide bonds. The van der Waals surface area contributed by atoms with E-state index >= 15 is 0 Å². The van der Waals surface area contributed by atoms with Crippen LogP contribution in [0.4, 0.5) is 5.82 Å². The highest BCUT2D eigenvalue weighted by atomic mass is 15.3. The van der Waals surface area contributed by atoms with E-state index in [1.54, 1.807) is 0 Å². The molecule has 5 nitrogen and oxygen atoms in total. The molecular weight excluding hydrogens is 178 g/mol. The Hall–Kier alpha value is -1.07. The zero-order valence-electron chi connectivity index (χ0n) is 8.67. The van der Waals surface area contributed by atoms with Crippen LogP contribution in [-0.2, 0) is 13.6 Å². The van der Waals surface area contributed by atoms with Crippen molar-refractivity contribution in [1.82, 2.24) is 15.1 Å². The molecular formula is C9H17N5. The third-order valence-corrected chi connectivity index (χ3v) is 2.67. The van der Waals surface area contributed by atoms with Crippen LogP contribution in [0, 0.1) is 6.92 Å². The van der Waals surface area contributed by atoms with Crippen molar-refractivity contribution in [2.45, 2.75) is 19.5 Å². The SMILES string of the molecule is Cc1nn(C)c(NC2CNC2)c1CN. The summed E-state index contributed by atoms with van der Waals surface area (Å²) in [6, 6.07) is 0.523. The lowest BCUT2D eigenvalue weighted by Gasteiger charge is -2.29. The number of rotatable bonds is 3. The lowest BCUT2D eigenvalue weighted by molar-refractivity contribution is 0.468. The molecule has 1 fully saturated rings. The van der Waals surface area contributed by atoms with Crippen LogP contribution in [-0.4, -0.2) is 28.9 Å². The Bertz CT molecular complexity index is 326. The molecule has 1 aliphatic rings. The maximum absolute atomic E-state index is 5.69. The van der Waals surface area contributed by atoms with Gasteiger partial charge in [0.25, 0.3) is 0 Å². The van der Waals surface area contributed by atoms with Gasteiger partial charge in [0, 0.05) is 32.2 Å². The minimum atomic E-state index is 0.523. The van der Waals surface area contributed by atoms with Gasteiger partial charge in [-0.15, -0.1) is 0 Å². The van der Waals surface area contributed by atoms with Gasteiger partial charge in [-0.3, -0.25) is 4.68 Å². The topological polar surface area (TPSA) is 67.9 Å². The summed E-state index contributed by atoms with van der Waals surface area (Å²) < 4.78 is 1.87. The molecule has 0 aromatic carbocycles. The average molecular weight is 195 g/mol. The average Bonchev–Trinajstić information content (AvgIpc) is 2.33. The van der Waals surface area contributed by atoms with Crippen LogP contribution >= 0.6 is 0 Å². The standard InChI is InChI=1S/C9H17N5/c1-6-8(3-10)9(14(2)13-6)12-7-4-11-5-7/h7,11-12H,3-5,10H2,1-2H3. The van der Waals surface area contributed by atoms with Crippen LogP contribution in [0.25, 0.3) is 0 Å². The highest BCUT2D eigenvalue weighted by Gasteiger charge is 2.20. The van der Waals surface area contributed by atoms with E-state index in [-0.39, 0.29) is 0 Å². The second-order valence-electron chi connectivity index (χ2n) is 3.74. The Morgan fingerprint density at radius 3 is 2.86 bits per heavy atom. The summed E-state index contributed by atoms with van der Waals surface area (Å²) in [4.78, 5) is 0. The second-order valence-corrected chi connectivity index (χ2v) is 3.74. The van der Waals surface area contributed by atoms with Crippen molar-refractivity contribution in [2.24, 2.45) is 12.8 Å². The Labute approximate surface area is 83.7 Å². The summed E-state index contributed by atoms with van der Waals surface area (Å²) in [5.74, 6) is 1.07. The van der Waals surface area contributed by atoms with E-state index in [4.69, 9.17) is 5.73 Å². The van der Waals surface area contributed by atoms with Crippen molar-refractivity contribution in [3.63, 3.8) is 0 Å². The van der Waals surface area contributed by atoms with E-state index in [0.29, 0.717) is 12.6 Å². The van der Waals surface area contributed by atoms with Gasteiger partial charge in [-0.2, -0.15) is 5.10 Å². The number of aromatic nitrogens is 2. The predicted molar refractivity (Wildman–Crippen MR) is 56.1 cm³/mol. The van der Waals surface area contributed by atoms with Crippen LogP contribution in [0.1, 0.15) is 11.3 Å². The summed E-state index contributed by atoms with van der Waals surface area (Å²) in [5, 5.41) is 11.0. The van der Waals surface area contributed by atoms with Gasteiger partial charge in [0.05, 0.1) is 11.7 Å². The molecule has 1 aromatic heterocycles. The number of nitrogens with zero attached hydrogens (tertiary/aromatic N) is 2. The first kappa shape index (κ1) is 9.48. The number of hydrogen-bond donors (Lipinski definition) is 3. The van der Waals surface area contributed by atoms with E-state index < -0.39 is 0 Å². The lowest BCUT2D eigenvalue weighted by atomic mass is 10.1. The number of hydrogen-bond acceptors (Lipinski definition) is 4. The van der Waals surface area contributed by atoms with Crippen LogP contribution < -0.4 is 16.4 Å². The third-order valence-electron chi connectivity index (χ3n) is 2.67. The molecule has 0 bridgehead atoms. The number of anilines is 1. The van der Waals surface area contributed by atoms with E-state index in [9.17, 15) is 0 Å². The molecule has 2 heterocycles. The molecule has 1 aliphatic heterocycles. The van der Waals surface area contributed by atoms with Crippen molar-refractivity contribution in [3.05, 3.63) is 11.3 Å². The first-order valence-electron chi connectivity index (χ1n) is 4.92. The van der Waals surface area contributed by atoms with Gasteiger partial charge >= 0.3 is 0 Å². The minimum Gasteiger partial charge on any atom is -0.365 e. The zero-order chi connectivity index (χ0) is 10.1. The fourth-order valence-corrected chi connectivity index (χ4v) is 1.71. The van der Waals surface area contributed by atoms with Crippen LogP contribution in [0.15, 0.2) is 0 Å². The molecule has 0 aliphatic carbocycles. The molecule has 0 saturated carbocycles. The maximum Gasteiger partial charge on any atom is 0.129 e. The third kappa shape index (κ3) is 1.49. The summed E-state index contributed by atoms with van der Waals surface area (Å²) in [6.45, 7) is 4.58. The van der Waals surface area contributed by atoms with E-state index in [2.05, 4.69) is 15.7 Å². The Kier molecular flexibility index (Phi) is 2.43. The summed E-state index contributed by atoms with van der Waals surface area (Å²) in [7, 11) is 1.95. The summed E-state index contributed by atoms with van der Waals surface area (Å²) in [5.41, 5.74) is 7.83. The van der Waals surface area contributed by atoms with Crippen molar-refractivity contribution < 1.29 is 0 Å². The van der Waals surface area contributed by atoms with Crippen molar-refractivity contribution in [3.8, 4) is 0 Å². The van der Waals surface area contributed by atoms with Gasteiger partial charge in [-0.05, 0) is 6.92 Å². The monoisotopic (exact) mass is 195 g/mol. The van der Waals surface area contributed by atoms with Crippen LogP contribution in [0.2, 0.25) is 0 Å². The Morgan fingerprint density at radius 1 is 1.64 bits per heavy atom. The zero-order valence-corrected chi connectivity index (χ0v) is 8.67. The molecule has 78 valence electrons. The fourth-order valence-electron chi connectivity index (χ4n) is 1.71. The molecule has 4 N–H and O–H groups in total. The molecule has 1 saturated heterocycles. The second kappa shape index (κ2) is 3.59. The summed E-state index contributed by atoms with van der Waals surface area (Å²) >= 11 is 0. The van der Waals surface area contributed by atoms with Crippen molar-refractivity contribution in [1.29, 1.82) is 0 Å². The van der Waals surface area contributed by atoms with Crippen molar-refractivity contribution in [2.75, 3.05) is 18.4 Å². The maximum atomic E-state index is 5.69. The first-order chi connectivity index (χ1) is 6.72. The number of aryl methyl sites for hydroxylation is 2. The van der Waals surface area contributed by atoms with E-state index in [1.807, 2.05) is 18.7 Å². The first-order valence-corrected chi connectivity index (χ1v) is 4.92. The molecule has 0 unspecified atom stereocenters. The Balaban J connectivity index is 2.20. The molecule has 5 heteroatoms. The van der Waals surface area contributed by atoms with Gasteiger partial charge in [0.15, 0.2) is 0 Å². The largest absolute Gasteiger partial charge is 0.365 e. The van der Waals surface area contributed by atoms with Gasteiger partial charge in [-0.1, -0.05) is 0 Å². The van der Waals surface area contributed by atoms with Gasteiger partial charge < -0.3 is 16.4 Å². The molecule has 1 aromatic rings. The van der Waals surface area contributed by atoms with Gasteiger partial charge in [-0.25, -0.2) is 0 Å². The minimum absolute atomic E-state index is 0.523. The smallest absolute Gasteiger partial charge is 0.129 e. The molecule has 0 spiro atoms. The lowest BCUT2D eigenvalue weighted by Crippen LogP contribution is -2.51. The van der Waals surface area contributed by atoms with E-state index in [1.165, 1.54) is 0 Å². The molecule has 0 atom stereocenters. The van der Waals surface area contributed by atoms with E-state index in [0.717, 1.165) is 30.2 Å². The molecule has 14 heavy (non-hydrogen) atoms. The number of nitrogens with two attached hydrogens (primary N) is 1. The highest BCUT2D eigenvalue weighted by molar-refractivity contribution is 5.48. The van der Waals surface area contributed by atoms with Crippen molar-refractivity contribution >= 4 is 5.82 Å². The Morgan fingerprint density at radius 2 is 2.36 bits per heavy atom.